The van der Waals surface area contributed by atoms with Crippen molar-refractivity contribution in [1.82, 2.24) is 4.48 Å². The normalized spacial score (nSPS) is 27.4. The van der Waals surface area contributed by atoms with E-state index in [4.69, 9.17) is 4.42 Å². The van der Waals surface area contributed by atoms with Gasteiger partial charge >= 0.3 is 6.85 Å². The topological polar surface area (TPSA) is 21.3 Å². The highest BCUT2D eigenvalue weighted by Crippen LogP contribution is 2.64. The fourth-order valence-electron chi connectivity index (χ4n) is 19.8. The fraction of sp³-hybridized carbons (Fsp3) is 0.333. The van der Waals surface area contributed by atoms with E-state index >= 15 is 0 Å². The molecule has 0 N–H and O–H groups in total. The second-order valence-corrected chi connectivity index (χ2v) is 28.8. The molecule has 0 amide bonds. The van der Waals surface area contributed by atoms with Gasteiger partial charge in [-0.25, -0.2) is 0 Å². The van der Waals surface area contributed by atoms with Crippen molar-refractivity contribution in [2.24, 2.45) is 35.5 Å². The van der Waals surface area contributed by atoms with Crippen LogP contribution in [0.4, 0.5) is 17.1 Å². The van der Waals surface area contributed by atoms with E-state index in [1.165, 1.54) is 186 Å². The molecule has 10 aliphatic rings. The van der Waals surface area contributed by atoms with Gasteiger partial charge in [0.25, 0.3) is 0 Å². The van der Waals surface area contributed by atoms with Crippen molar-refractivity contribution >= 4 is 110 Å². The van der Waals surface area contributed by atoms with E-state index in [1.807, 2.05) is 11.3 Å². The van der Waals surface area contributed by atoms with Crippen LogP contribution in [0.15, 0.2) is 150 Å². The molecule has 8 saturated carbocycles. The lowest BCUT2D eigenvalue weighted by atomic mass is 9.47. The molecule has 0 atom stereocenters. The third-order valence-corrected chi connectivity index (χ3v) is 23.3. The van der Waals surface area contributed by atoms with Crippen LogP contribution in [0.5, 0.6) is 0 Å². The maximum Gasteiger partial charge on any atom is 0.343 e. The molecule has 8 aromatic carbocycles. The predicted octanol–water partition coefficient (Wildman–Crippen LogP) is 18.4. The summed E-state index contributed by atoms with van der Waals surface area (Å²) in [4.78, 5) is 2.75. The Hall–Kier alpha value is -6.56. The fourth-order valence-corrected chi connectivity index (χ4v) is 21.1. The van der Waals surface area contributed by atoms with E-state index in [0.717, 1.165) is 46.7 Å². The molecule has 77 heavy (non-hydrogen) atoms. The highest BCUT2D eigenvalue weighted by atomic mass is 32.1. The molecule has 3 nitrogen and oxygen atoms in total. The standard InChI is InChI=1S/C72H63BN2OS/c1-70(2,3)49-17-19-59(53(29-49)46-11-5-4-6-12-46)74-61-33-56-52-15-9-10-16-62(52)76-68(56)64-58-32-51(72-37-43-24-44(38-72)26-45(25-43)39-72)31-55-54-30-50(71-34-40-21-41(35-71)23-42(22-40)36-71)18-20-60(54)75(66(55)58)73(65(61)64)69-67(74)57-27-47-13-7-8-14-48(47)28-63(57)77-69/h4-20,27-33,40-45H,21-26,34-39H2,1-3H3. The molecule has 0 saturated heterocycles. The summed E-state index contributed by atoms with van der Waals surface area (Å²) >= 11 is 2.03. The van der Waals surface area contributed by atoms with Gasteiger partial charge in [-0.1, -0.05) is 106 Å². The maximum absolute atomic E-state index is 7.45. The number of aromatic nitrogens is 1. The number of nitrogens with zero attached hydrogens (tertiary/aromatic N) is 2. The summed E-state index contributed by atoms with van der Waals surface area (Å²) in [5.74, 6) is 5.26. The molecular weight excluding hydrogens is 952 g/mol. The van der Waals surface area contributed by atoms with Crippen molar-refractivity contribution in [2.45, 2.75) is 114 Å². The Morgan fingerprint density at radius 3 is 1.87 bits per heavy atom. The van der Waals surface area contributed by atoms with Crippen LogP contribution in [0, 0.1) is 35.5 Å². The van der Waals surface area contributed by atoms with Crippen molar-refractivity contribution in [3.05, 3.63) is 162 Å². The lowest BCUT2D eigenvalue weighted by molar-refractivity contribution is -0.00527. The van der Waals surface area contributed by atoms with Crippen molar-refractivity contribution in [3.63, 3.8) is 0 Å². The van der Waals surface area contributed by atoms with Crippen LogP contribution in [0.2, 0.25) is 0 Å². The minimum atomic E-state index is -0.0679. The van der Waals surface area contributed by atoms with Crippen molar-refractivity contribution in [2.75, 3.05) is 4.90 Å². The van der Waals surface area contributed by atoms with Gasteiger partial charge in [0.2, 0.25) is 0 Å². The highest BCUT2D eigenvalue weighted by molar-refractivity contribution is 7.32. The van der Waals surface area contributed by atoms with Gasteiger partial charge in [-0.15, -0.1) is 11.3 Å². The lowest BCUT2D eigenvalue weighted by Gasteiger charge is -2.57. The first-order valence-corrected chi connectivity index (χ1v) is 30.5. The Labute approximate surface area is 455 Å². The van der Waals surface area contributed by atoms with Crippen LogP contribution >= 0.6 is 11.3 Å². The zero-order valence-electron chi connectivity index (χ0n) is 44.6. The van der Waals surface area contributed by atoms with E-state index in [2.05, 4.69) is 176 Å². The van der Waals surface area contributed by atoms with Crippen LogP contribution in [-0.2, 0) is 16.2 Å². The molecule has 5 heteroatoms. The number of hydrogen-bond acceptors (Lipinski definition) is 3. The number of benzene rings is 8. The summed E-state index contributed by atoms with van der Waals surface area (Å²) in [7, 11) is 0. The van der Waals surface area contributed by atoms with Gasteiger partial charge in [0.05, 0.1) is 11.4 Å². The Balaban J connectivity index is 0.976. The maximum atomic E-state index is 7.45. The van der Waals surface area contributed by atoms with Gasteiger partial charge in [0, 0.05) is 69.8 Å². The molecule has 5 heterocycles. The van der Waals surface area contributed by atoms with E-state index in [9.17, 15) is 0 Å². The monoisotopic (exact) mass is 1010 g/mol. The number of rotatable bonds is 4. The van der Waals surface area contributed by atoms with Crippen molar-refractivity contribution in [3.8, 4) is 22.3 Å². The van der Waals surface area contributed by atoms with Gasteiger partial charge in [0.15, 0.2) is 0 Å². The molecule has 8 bridgehead atoms. The van der Waals surface area contributed by atoms with Crippen LogP contribution in [0.3, 0.4) is 0 Å². The number of furan rings is 1. The summed E-state index contributed by atoms with van der Waals surface area (Å²) in [5, 5.41) is 9.27. The first kappa shape index (κ1) is 43.4. The molecule has 8 aliphatic carbocycles. The molecule has 21 rings (SSSR count). The van der Waals surface area contributed by atoms with Gasteiger partial charge < -0.3 is 13.8 Å². The van der Waals surface area contributed by atoms with E-state index in [1.54, 1.807) is 11.1 Å². The van der Waals surface area contributed by atoms with Crippen LogP contribution in [0.1, 0.15) is 115 Å². The summed E-state index contributed by atoms with van der Waals surface area (Å²) in [6.45, 7) is 7.00. The van der Waals surface area contributed by atoms with E-state index in [-0.39, 0.29) is 17.7 Å². The SMILES string of the molecule is CC(C)(C)c1ccc(N2c3cc4c(oc5ccccc54)c4c3B(c3sc5cc6ccccc6cc5c32)n2c3ccc(C56CC7CC(CC(C7)C5)C6)cc3c3cc(C56CC7CC(CC(C7)C5)C6)cc-4c32)c(-c2ccccc2)c1. The summed E-state index contributed by atoms with van der Waals surface area (Å²) in [6.07, 6.45) is 16.9. The van der Waals surface area contributed by atoms with Gasteiger partial charge in [-0.2, -0.15) is 0 Å². The number of thiophene rings is 1. The van der Waals surface area contributed by atoms with Gasteiger partial charge in [0.1, 0.15) is 11.2 Å². The van der Waals surface area contributed by atoms with Gasteiger partial charge in [-0.05, 0) is 228 Å². The molecule has 0 spiro atoms. The third kappa shape index (κ3) is 5.80. The van der Waals surface area contributed by atoms with Gasteiger partial charge in [-0.3, -0.25) is 0 Å². The first-order chi connectivity index (χ1) is 37.6. The smallest absolute Gasteiger partial charge is 0.343 e. The Bertz CT molecular complexity index is 4360. The predicted molar refractivity (Wildman–Crippen MR) is 324 cm³/mol. The van der Waals surface area contributed by atoms with E-state index in [0.29, 0.717) is 5.41 Å². The zero-order valence-corrected chi connectivity index (χ0v) is 45.4. The summed E-state index contributed by atoms with van der Waals surface area (Å²) < 4.78 is 13.1. The van der Waals surface area contributed by atoms with E-state index < -0.39 is 0 Å². The number of para-hydroxylation sites is 1. The molecule has 3 aromatic heterocycles. The Morgan fingerprint density at radius 1 is 0.532 bits per heavy atom. The van der Waals surface area contributed by atoms with Crippen molar-refractivity contribution < 1.29 is 4.42 Å². The van der Waals surface area contributed by atoms with Crippen LogP contribution in [0.25, 0.3) is 86.9 Å². The average Bonchev–Trinajstić information content (AvgIpc) is 3.40. The molecule has 8 fully saturated rings. The van der Waals surface area contributed by atoms with Crippen LogP contribution in [-0.4, -0.2) is 11.3 Å². The molecule has 11 aromatic rings. The molecule has 376 valence electrons. The third-order valence-electron chi connectivity index (χ3n) is 22.1. The Kier molecular flexibility index (Phi) is 8.33. The minimum absolute atomic E-state index is 0.0312. The Morgan fingerprint density at radius 2 is 1.17 bits per heavy atom. The zero-order chi connectivity index (χ0) is 50.4. The molecule has 0 unspecified atom stereocenters. The van der Waals surface area contributed by atoms with Crippen molar-refractivity contribution in [1.29, 1.82) is 0 Å². The second-order valence-electron chi connectivity index (χ2n) is 27.7. The largest absolute Gasteiger partial charge is 0.455 e. The summed E-state index contributed by atoms with van der Waals surface area (Å²) in [5.41, 5.74) is 20.3. The quantitative estimate of drug-likeness (QED) is 0.164. The molecular formula is C72H63BN2OS. The number of anilines is 3. The molecule has 2 aliphatic heterocycles. The average molecular weight is 1020 g/mol. The summed E-state index contributed by atoms with van der Waals surface area (Å²) in [6, 6.07) is 57.8. The highest BCUT2D eigenvalue weighted by Gasteiger charge is 2.55. The first-order valence-electron chi connectivity index (χ1n) is 29.7. The lowest BCUT2D eigenvalue weighted by Crippen LogP contribution is -2.55. The minimum Gasteiger partial charge on any atom is -0.455 e. The number of fused-ring (bicyclic) bond motifs is 14. The van der Waals surface area contributed by atoms with Crippen LogP contribution < -0.4 is 15.1 Å². The second kappa shape index (κ2) is 14.8. The molecule has 0 radical (unpaired) electrons. The number of hydrogen-bond donors (Lipinski definition) is 0.